The molecule has 0 atom stereocenters. The summed E-state index contributed by atoms with van der Waals surface area (Å²) in [6, 6.07) is 4.17. The lowest BCUT2D eigenvalue weighted by atomic mass is 10.0. The van der Waals surface area contributed by atoms with Crippen LogP contribution in [0.2, 0.25) is 0 Å². The fourth-order valence-corrected chi connectivity index (χ4v) is 2.69. The van der Waals surface area contributed by atoms with Gasteiger partial charge in [0.1, 0.15) is 5.56 Å². The second kappa shape index (κ2) is 7.92. The molecule has 0 unspecified atom stereocenters. The molecule has 2 N–H and O–H groups in total. The molecule has 0 radical (unpaired) electrons. The summed E-state index contributed by atoms with van der Waals surface area (Å²) in [5.41, 5.74) is 4.48. The number of hydrogen-bond acceptors (Lipinski definition) is 5. The summed E-state index contributed by atoms with van der Waals surface area (Å²) in [7, 11) is 1.93. The van der Waals surface area contributed by atoms with Gasteiger partial charge in [-0.15, -0.1) is 0 Å². The first-order valence-electron chi connectivity index (χ1n) is 8.04. The molecule has 23 heavy (non-hydrogen) atoms. The van der Waals surface area contributed by atoms with Gasteiger partial charge in [0, 0.05) is 18.1 Å². The van der Waals surface area contributed by atoms with Crippen molar-refractivity contribution in [2.24, 2.45) is 0 Å². The minimum absolute atomic E-state index is 0.336. The van der Waals surface area contributed by atoms with Gasteiger partial charge >= 0.3 is 5.97 Å². The third-order valence-electron chi connectivity index (χ3n) is 3.71. The van der Waals surface area contributed by atoms with Crippen LogP contribution in [0.4, 0.5) is 5.69 Å². The number of aromatic nitrogens is 1. The molecule has 124 valence electrons. The van der Waals surface area contributed by atoms with Gasteiger partial charge in [0.25, 0.3) is 0 Å². The Labute approximate surface area is 137 Å². The molecule has 1 heterocycles. The van der Waals surface area contributed by atoms with Crippen molar-refractivity contribution >= 4 is 22.6 Å². The zero-order valence-electron chi connectivity index (χ0n) is 14.3. The normalized spacial score (nSPS) is 10.8. The number of ether oxygens (including phenoxy) is 1. The van der Waals surface area contributed by atoms with Gasteiger partial charge in [-0.05, 0) is 52.4 Å². The standard InChI is InChI=1S/C18H25N3O2/c1-5-23-18(22)15-11-21-16-13(3)9-12(2)10-14(16)17(15)20-8-6-7-19-4/h9-11,19H,5-8H2,1-4H3,(H,20,21). The Kier molecular flexibility index (Phi) is 5.93. The molecule has 0 bridgehead atoms. The summed E-state index contributed by atoms with van der Waals surface area (Å²) in [6.45, 7) is 7.94. The van der Waals surface area contributed by atoms with Crippen LogP contribution in [-0.2, 0) is 4.74 Å². The van der Waals surface area contributed by atoms with Crippen LogP contribution in [0.1, 0.15) is 34.8 Å². The highest BCUT2D eigenvalue weighted by atomic mass is 16.5. The number of hydrogen-bond donors (Lipinski definition) is 2. The highest BCUT2D eigenvalue weighted by Gasteiger charge is 2.17. The van der Waals surface area contributed by atoms with Crippen molar-refractivity contribution in [1.82, 2.24) is 10.3 Å². The van der Waals surface area contributed by atoms with E-state index in [1.54, 1.807) is 13.1 Å². The van der Waals surface area contributed by atoms with Crippen molar-refractivity contribution in [1.29, 1.82) is 0 Å². The van der Waals surface area contributed by atoms with Crippen LogP contribution in [0.5, 0.6) is 0 Å². The summed E-state index contributed by atoms with van der Waals surface area (Å²) >= 11 is 0. The van der Waals surface area contributed by atoms with Gasteiger partial charge in [-0.1, -0.05) is 11.6 Å². The van der Waals surface area contributed by atoms with Crippen molar-refractivity contribution in [3.8, 4) is 0 Å². The Balaban J connectivity index is 2.49. The summed E-state index contributed by atoms with van der Waals surface area (Å²) in [4.78, 5) is 16.7. The number of carbonyl (C=O) groups is 1. The average molecular weight is 315 g/mol. The zero-order valence-corrected chi connectivity index (χ0v) is 14.3. The van der Waals surface area contributed by atoms with Gasteiger partial charge in [0.05, 0.1) is 17.8 Å². The van der Waals surface area contributed by atoms with Crippen molar-refractivity contribution in [2.75, 3.05) is 32.1 Å². The van der Waals surface area contributed by atoms with E-state index in [0.717, 1.165) is 47.2 Å². The molecule has 5 heteroatoms. The Morgan fingerprint density at radius 3 is 2.74 bits per heavy atom. The number of anilines is 1. The lowest BCUT2D eigenvalue weighted by Gasteiger charge is -2.15. The Bertz CT molecular complexity index is 698. The maximum absolute atomic E-state index is 12.3. The highest BCUT2D eigenvalue weighted by molar-refractivity contribution is 6.05. The maximum Gasteiger partial charge on any atom is 0.341 e. The van der Waals surface area contributed by atoms with Crippen LogP contribution < -0.4 is 10.6 Å². The molecular weight excluding hydrogens is 290 g/mol. The van der Waals surface area contributed by atoms with Crippen LogP contribution in [0.3, 0.4) is 0 Å². The highest BCUT2D eigenvalue weighted by Crippen LogP contribution is 2.29. The minimum Gasteiger partial charge on any atom is -0.462 e. The van der Waals surface area contributed by atoms with Gasteiger partial charge in [-0.2, -0.15) is 0 Å². The molecule has 0 saturated heterocycles. The van der Waals surface area contributed by atoms with Crippen LogP contribution in [0, 0.1) is 13.8 Å². The van der Waals surface area contributed by atoms with E-state index in [1.165, 1.54) is 0 Å². The molecule has 2 rings (SSSR count). The third-order valence-corrected chi connectivity index (χ3v) is 3.71. The van der Waals surface area contributed by atoms with Crippen LogP contribution >= 0.6 is 0 Å². The van der Waals surface area contributed by atoms with E-state index in [-0.39, 0.29) is 5.97 Å². The SMILES string of the molecule is CCOC(=O)c1cnc2c(C)cc(C)cc2c1NCCCNC. The van der Waals surface area contributed by atoms with E-state index >= 15 is 0 Å². The number of nitrogens with zero attached hydrogens (tertiary/aromatic N) is 1. The fourth-order valence-electron chi connectivity index (χ4n) is 2.69. The Morgan fingerprint density at radius 1 is 1.26 bits per heavy atom. The van der Waals surface area contributed by atoms with Gasteiger partial charge in [-0.25, -0.2) is 4.79 Å². The number of rotatable bonds is 7. The molecule has 1 aromatic carbocycles. The molecule has 0 saturated carbocycles. The molecule has 0 fully saturated rings. The fraction of sp³-hybridized carbons (Fsp3) is 0.444. The lowest BCUT2D eigenvalue weighted by Crippen LogP contribution is -2.15. The van der Waals surface area contributed by atoms with E-state index in [2.05, 4.69) is 27.8 Å². The van der Waals surface area contributed by atoms with E-state index < -0.39 is 0 Å². The minimum atomic E-state index is -0.336. The van der Waals surface area contributed by atoms with Crippen molar-refractivity contribution in [3.05, 3.63) is 35.0 Å². The molecule has 0 aliphatic rings. The quantitative estimate of drug-likeness (QED) is 0.607. The summed E-state index contributed by atoms with van der Waals surface area (Å²) in [6.07, 6.45) is 2.58. The summed E-state index contributed by atoms with van der Waals surface area (Å²) in [5, 5.41) is 7.50. The van der Waals surface area contributed by atoms with E-state index in [1.807, 2.05) is 20.9 Å². The molecule has 0 aliphatic heterocycles. The summed E-state index contributed by atoms with van der Waals surface area (Å²) < 4.78 is 5.17. The van der Waals surface area contributed by atoms with Gasteiger partial charge in [-0.3, -0.25) is 4.98 Å². The van der Waals surface area contributed by atoms with Crippen molar-refractivity contribution < 1.29 is 9.53 Å². The van der Waals surface area contributed by atoms with Crippen LogP contribution in [-0.4, -0.2) is 37.7 Å². The van der Waals surface area contributed by atoms with Crippen molar-refractivity contribution in [2.45, 2.75) is 27.2 Å². The molecule has 0 amide bonds. The number of benzene rings is 1. The number of fused-ring (bicyclic) bond motifs is 1. The molecule has 0 aliphatic carbocycles. The second-order valence-electron chi connectivity index (χ2n) is 5.63. The van der Waals surface area contributed by atoms with Gasteiger partial charge < -0.3 is 15.4 Å². The van der Waals surface area contributed by atoms with E-state index in [9.17, 15) is 4.79 Å². The van der Waals surface area contributed by atoms with Gasteiger partial charge in [0.2, 0.25) is 0 Å². The second-order valence-corrected chi connectivity index (χ2v) is 5.63. The molecule has 5 nitrogen and oxygen atoms in total. The van der Waals surface area contributed by atoms with Gasteiger partial charge in [0.15, 0.2) is 0 Å². The number of nitrogens with one attached hydrogen (secondary N) is 2. The first-order chi connectivity index (χ1) is 11.1. The predicted molar refractivity (Wildman–Crippen MR) is 94.2 cm³/mol. The monoisotopic (exact) mass is 315 g/mol. The number of carbonyl (C=O) groups excluding carboxylic acids is 1. The smallest absolute Gasteiger partial charge is 0.341 e. The van der Waals surface area contributed by atoms with Crippen LogP contribution in [0.15, 0.2) is 18.3 Å². The topological polar surface area (TPSA) is 63.2 Å². The average Bonchev–Trinajstić information content (AvgIpc) is 2.51. The summed E-state index contributed by atoms with van der Waals surface area (Å²) in [5.74, 6) is -0.336. The largest absolute Gasteiger partial charge is 0.462 e. The molecule has 0 spiro atoms. The van der Waals surface area contributed by atoms with Crippen LogP contribution in [0.25, 0.3) is 10.9 Å². The van der Waals surface area contributed by atoms with Crippen molar-refractivity contribution in [3.63, 3.8) is 0 Å². The predicted octanol–water partition coefficient (Wildman–Crippen LogP) is 3.05. The maximum atomic E-state index is 12.3. The zero-order chi connectivity index (χ0) is 16.8. The van der Waals surface area contributed by atoms with E-state index in [4.69, 9.17) is 4.74 Å². The number of aryl methyl sites for hydroxylation is 2. The number of pyridine rings is 1. The third kappa shape index (κ3) is 3.99. The van der Waals surface area contributed by atoms with E-state index in [0.29, 0.717) is 12.2 Å². The lowest BCUT2D eigenvalue weighted by molar-refractivity contribution is 0.0527. The molecule has 2 aromatic rings. The molecule has 1 aromatic heterocycles. The Hall–Kier alpha value is -2.14. The number of esters is 1. The molecular formula is C18H25N3O2. The first-order valence-corrected chi connectivity index (χ1v) is 8.04. The first kappa shape index (κ1) is 17.2. The Morgan fingerprint density at radius 2 is 2.04 bits per heavy atom.